The number of esters is 1. The van der Waals surface area contributed by atoms with Crippen molar-refractivity contribution in [2.75, 3.05) is 7.11 Å². The summed E-state index contributed by atoms with van der Waals surface area (Å²) in [6, 6.07) is 3.77. The summed E-state index contributed by atoms with van der Waals surface area (Å²) >= 11 is 6.66. The Kier molecular flexibility index (Phi) is 3.95. The maximum Gasteiger partial charge on any atom is 0.336 e. The fraction of sp³-hybridized carbons (Fsp3) is 0.231. The van der Waals surface area contributed by atoms with Crippen molar-refractivity contribution in [1.29, 1.82) is 0 Å². The molecule has 1 N–H and O–H groups in total. The third-order valence-corrected chi connectivity index (χ3v) is 4.14. The van der Waals surface area contributed by atoms with Gasteiger partial charge >= 0.3 is 5.97 Å². The van der Waals surface area contributed by atoms with Crippen LogP contribution in [0, 0.1) is 0 Å². The van der Waals surface area contributed by atoms with Gasteiger partial charge in [0, 0.05) is 16.1 Å². The van der Waals surface area contributed by atoms with Crippen molar-refractivity contribution >= 4 is 40.4 Å². The highest BCUT2D eigenvalue weighted by molar-refractivity contribution is 7.80. The van der Waals surface area contributed by atoms with Crippen molar-refractivity contribution in [3.63, 3.8) is 0 Å². The van der Waals surface area contributed by atoms with Gasteiger partial charge in [0.05, 0.1) is 18.6 Å². The van der Waals surface area contributed by atoms with E-state index in [4.69, 9.17) is 17.0 Å². The molecule has 1 unspecified atom stereocenters. The summed E-state index contributed by atoms with van der Waals surface area (Å²) in [5, 5.41) is 14.1. The Balaban J connectivity index is 2.65. The highest BCUT2D eigenvalue weighted by Gasteiger charge is 2.34. The minimum atomic E-state index is -0.446. The zero-order valence-corrected chi connectivity index (χ0v) is 12.0. The van der Waals surface area contributed by atoms with Crippen LogP contribution in [0.4, 0.5) is 0 Å². The summed E-state index contributed by atoms with van der Waals surface area (Å²) in [5.41, 5.74) is 1.45. The number of carbonyl (C=O) groups excluding carboxylic acids is 1. The molecule has 1 aliphatic rings. The SMILES string of the molecule is COC(=O)C1=C(C)NC(=S)C(=C=[N-])C1c1cccs1. The second kappa shape index (κ2) is 5.48. The lowest BCUT2D eigenvalue weighted by atomic mass is 9.86. The molecule has 19 heavy (non-hydrogen) atoms. The number of allylic oxidation sites excluding steroid dienone is 1. The summed E-state index contributed by atoms with van der Waals surface area (Å²) in [5.74, 6) is 1.21. The molecule has 0 fully saturated rings. The standard InChI is InChI=1S/C13H11N2O2S2/c1-7-10(13(16)17-2)11(9-4-3-5-19-9)8(6-14)12(18)15-7/h3-5,11H,1-2H3,(H,15,18)/q-1. The number of methoxy groups -OCH3 is 1. The molecule has 1 aromatic heterocycles. The number of nitrogens with zero attached hydrogens (tertiary/aromatic N) is 1. The van der Waals surface area contributed by atoms with Gasteiger partial charge < -0.3 is 15.5 Å². The molecular weight excluding hydrogens is 280 g/mol. The van der Waals surface area contributed by atoms with E-state index in [-0.39, 0.29) is 0 Å². The van der Waals surface area contributed by atoms with E-state index >= 15 is 0 Å². The lowest BCUT2D eigenvalue weighted by Gasteiger charge is -2.29. The van der Waals surface area contributed by atoms with Gasteiger partial charge in [-0.25, -0.2) is 4.79 Å². The summed E-state index contributed by atoms with van der Waals surface area (Å²) in [4.78, 5) is 13.2. The van der Waals surface area contributed by atoms with E-state index in [0.717, 1.165) is 4.88 Å². The minimum absolute atomic E-state index is 0.367. The molecule has 0 saturated heterocycles. The Bertz CT molecular complexity index is 611. The van der Waals surface area contributed by atoms with Crippen molar-refractivity contribution < 1.29 is 9.53 Å². The quantitative estimate of drug-likeness (QED) is 0.393. The highest BCUT2D eigenvalue weighted by Crippen LogP contribution is 2.38. The monoisotopic (exact) mass is 291 g/mol. The van der Waals surface area contributed by atoms with Gasteiger partial charge in [0.2, 0.25) is 0 Å². The first-order valence-corrected chi connectivity index (χ1v) is 6.79. The van der Waals surface area contributed by atoms with Gasteiger partial charge in [-0.05, 0) is 18.4 Å². The Morgan fingerprint density at radius 2 is 2.37 bits per heavy atom. The van der Waals surface area contributed by atoms with E-state index < -0.39 is 11.9 Å². The number of hydrogen-bond acceptors (Lipinski definition) is 4. The van der Waals surface area contributed by atoms with Crippen LogP contribution in [0.3, 0.4) is 0 Å². The fourth-order valence-electron chi connectivity index (χ4n) is 2.03. The van der Waals surface area contributed by atoms with Crippen LogP contribution in [-0.4, -0.2) is 23.9 Å². The number of thiocarbonyl (C=S) groups is 1. The van der Waals surface area contributed by atoms with E-state index in [2.05, 4.69) is 11.2 Å². The molecule has 1 atom stereocenters. The van der Waals surface area contributed by atoms with Crippen LogP contribution in [-0.2, 0) is 9.53 Å². The Morgan fingerprint density at radius 3 is 2.89 bits per heavy atom. The molecule has 0 bridgehead atoms. The van der Waals surface area contributed by atoms with Crippen LogP contribution in [0.25, 0.3) is 5.41 Å². The predicted octanol–water partition coefficient (Wildman–Crippen LogP) is 2.37. The molecular formula is C13H11N2O2S2-. The number of thiophene rings is 1. The maximum absolute atomic E-state index is 12.0. The van der Waals surface area contributed by atoms with E-state index in [1.165, 1.54) is 18.4 Å². The zero-order valence-electron chi connectivity index (χ0n) is 10.4. The number of ether oxygens (including phenoxy) is 1. The average Bonchev–Trinajstić information content (AvgIpc) is 2.90. The molecule has 0 aliphatic carbocycles. The van der Waals surface area contributed by atoms with Crippen LogP contribution in [0.15, 0.2) is 34.4 Å². The lowest BCUT2D eigenvalue weighted by Crippen LogP contribution is -2.35. The van der Waals surface area contributed by atoms with Gasteiger partial charge in [0.1, 0.15) is 4.99 Å². The third-order valence-electron chi connectivity index (χ3n) is 2.88. The average molecular weight is 291 g/mol. The van der Waals surface area contributed by atoms with Crippen molar-refractivity contribution in [2.24, 2.45) is 0 Å². The first-order chi connectivity index (χ1) is 9.10. The van der Waals surface area contributed by atoms with E-state index in [9.17, 15) is 10.2 Å². The van der Waals surface area contributed by atoms with Crippen LogP contribution in [0.2, 0.25) is 0 Å². The molecule has 0 saturated carbocycles. The van der Waals surface area contributed by atoms with Crippen LogP contribution in [0.5, 0.6) is 0 Å². The lowest BCUT2D eigenvalue weighted by molar-refractivity contribution is -0.136. The van der Waals surface area contributed by atoms with Gasteiger partial charge in [0.25, 0.3) is 0 Å². The number of nitrogens with one attached hydrogen (secondary N) is 1. The minimum Gasteiger partial charge on any atom is -0.763 e. The first kappa shape index (κ1) is 13.7. The highest BCUT2D eigenvalue weighted by atomic mass is 32.1. The van der Waals surface area contributed by atoms with E-state index in [1.54, 1.807) is 6.92 Å². The molecule has 1 aromatic rings. The second-order valence-corrected chi connectivity index (χ2v) is 5.35. The van der Waals surface area contributed by atoms with Gasteiger partial charge in [-0.2, -0.15) is 0 Å². The maximum atomic E-state index is 12.0. The summed E-state index contributed by atoms with van der Waals surface area (Å²) in [6.45, 7) is 1.76. The van der Waals surface area contributed by atoms with E-state index in [1.807, 2.05) is 17.5 Å². The summed E-state index contributed by atoms with van der Waals surface area (Å²) < 4.78 is 4.82. The van der Waals surface area contributed by atoms with Gasteiger partial charge in [0.15, 0.2) is 0 Å². The molecule has 2 heterocycles. The molecule has 0 amide bonds. The largest absolute Gasteiger partial charge is 0.763 e. The van der Waals surface area contributed by atoms with Crippen LogP contribution in [0.1, 0.15) is 17.7 Å². The van der Waals surface area contributed by atoms with Crippen molar-refractivity contribution in [2.45, 2.75) is 12.8 Å². The number of rotatable bonds is 2. The van der Waals surface area contributed by atoms with Crippen molar-refractivity contribution in [3.05, 3.63) is 44.6 Å². The third kappa shape index (κ3) is 2.38. The smallest absolute Gasteiger partial charge is 0.336 e. The Labute approximate surface area is 120 Å². The topological polar surface area (TPSA) is 60.6 Å². The van der Waals surface area contributed by atoms with Gasteiger partial charge in [-0.3, -0.25) is 5.87 Å². The Morgan fingerprint density at radius 1 is 1.63 bits per heavy atom. The van der Waals surface area contributed by atoms with E-state index in [0.29, 0.717) is 21.8 Å². The molecule has 1 aliphatic heterocycles. The Hall–Kier alpha value is -1.75. The first-order valence-electron chi connectivity index (χ1n) is 5.51. The summed E-state index contributed by atoms with van der Waals surface area (Å²) in [6.07, 6.45) is 0. The predicted molar refractivity (Wildman–Crippen MR) is 79.4 cm³/mol. The molecule has 0 spiro atoms. The molecule has 0 aromatic carbocycles. The number of carbonyl (C=O) groups is 1. The molecule has 4 nitrogen and oxygen atoms in total. The normalized spacial score (nSPS) is 18.9. The fourth-order valence-corrected chi connectivity index (χ4v) is 3.19. The molecule has 2 rings (SSSR count). The molecule has 0 radical (unpaired) electrons. The second-order valence-electron chi connectivity index (χ2n) is 3.96. The molecule has 6 heteroatoms. The summed E-state index contributed by atoms with van der Waals surface area (Å²) in [7, 11) is 1.33. The van der Waals surface area contributed by atoms with Crippen molar-refractivity contribution in [1.82, 2.24) is 5.32 Å². The van der Waals surface area contributed by atoms with Crippen LogP contribution >= 0.6 is 23.6 Å². The van der Waals surface area contributed by atoms with Gasteiger partial charge in [-0.1, -0.05) is 18.3 Å². The van der Waals surface area contributed by atoms with Crippen LogP contribution < -0.4 is 5.32 Å². The zero-order chi connectivity index (χ0) is 14.0. The number of hydrogen-bond donors (Lipinski definition) is 1. The van der Waals surface area contributed by atoms with Crippen molar-refractivity contribution in [3.8, 4) is 0 Å². The van der Waals surface area contributed by atoms with Gasteiger partial charge in [-0.15, -0.1) is 11.3 Å². The molecule has 98 valence electrons.